The fraction of sp³-hybridized carbons (Fsp3) is 0.500. The number of halogens is 1. The van der Waals surface area contributed by atoms with Crippen LogP contribution in [0.15, 0.2) is 18.2 Å². The molecule has 1 saturated carbocycles. The molecule has 1 aliphatic carbocycles. The zero-order valence-corrected chi connectivity index (χ0v) is 11.9. The molecule has 0 N–H and O–H groups in total. The smallest absolute Gasteiger partial charge is 0.154 e. The highest BCUT2D eigenvalue weighted by Crippen LogP contribution is 2.52. The number of Topliss-reactive ketones (excluding diaryl/α,β-unsaturated/α-hetero) is 2. The topological polar surface area (TPSA) is 43.4 Å². The zero-order chi connectivity index (χ0) is 14.0. The van der Waals surface area contributed by atoms with Crippen molar-refractivity contribution in [1.82, 2.24) is 0 Å². The van der Waals surface area contributed by atoms with Crippen LogP contribution in [0.25, 0.3) is 0 Å². The van der Waals surface area contributed by atoms with E-state index in [1.54, 1.807) is 12.1 Å². The minimum absolute atomic E-state index is 0.0362. The van der Waals surface area contributed by atoms with E-state index in [-0.39, 0.29) is 35.6 Å². The highest BCUT2D eigenvalue weighted by molar-refractivity contribution is 6.30. The summed E-state index contributed by atoms with van der Waals surface area (Å²) in [6.07, 6.45) is 1.75. The van der Waals surface area contributed by atoms with E-state index in [9.17, 15) is 9.59 Å². The number of carbonyl (C=O) groups is 2. The number of aryl methyl sites for hydroxylation is 1. The Bertz CT molecular complexity index is 596. The Morgan fingerprint density at radius 3 is 2.30 bits per heavy atom. The average molecular weight is 291 g/mol. The van der Waals surface area contributed by atoms with Crippen LogP contribution in [0.4, 0.5) is 0 Å². The van der Waals surface area contributed by atoms with Gasteiger partial charge in [-0.15, -0.1) is 0 Å². The van der Waals surface area contributed by atoms with Crippen LogP contribution in [0.2, 0.25) is 5.02 Å². The molecule has 1 aromatic rings. The number of carbonyl (C=O) groups excluding carboxylic acids is 2. The molecule has 0 aromatic heterocycles. The molecule has 2 saturated heterocycles. The van der Waals surface area contributed by atoms with Gasteiger partial charge in [0, 0.05) is 5.02 Å². The number of ketones is 2. The summed E-state index contributed by atoms with van der Waals surface area (Å²) in [5.74, 6) is -0.986. The molecule has 1 unspecified atom stereocenters. The summed E-state index contributed by atoms with van der Waals surface area (Å²) in [4.78, 5) is 25.4. The molecule has 2 aliphatic heterocycles. The van der Waals surface area contributed by atoms with Crippen molar-refractivity contribution in [2.45, 2.75) is 37.9 Å². The molecule has 2 heterocycles. The van der Waals surface area contributed by atoms with Crippen LogP contribution >= 0.6 is 11.6 Å². The first kappa shape index (κ1) is 12.5. The number of benzene rings is 1. The van der Waals surface area contributed by atoms with Crippen molar-refractivity contribution < 1.29 is 14.3 Å². The summed E-state index contributed by atoms with van der Waals surface area (Å²) < 4.78 is 5.75. The summed E-state index contributed by atoms with van der Waals surface area (Å²) in [5, 5.41) is 0.572. The Hall–Kier alpha value is -1.19. The van der Waals surface area contributed by atoms with Crippen LogP contribution in [-0.2, 0) is 14.3 Å². The molecule has 3 fully saturated rings. The predicted molar refractivity (Wildman–Crippen MR) is 73.8 cm³/mol. The van der Waals surface area contributed by atoms with Crippen molar-refractivity contribution in [3.63, 3.8) is 0 Å². The second-order valence-electron chi connectivity index (χ2n) is 6.08. The van der Waals surface area contributed by atoms with E-state index in [0.717, 1.165) is 24.0 Å². The first-order valence-electron chi connectivity index (χ1n) is 7.07. The van der Waals surface area contributed by atoms with Gasteiger partial charge in [0.1, 0.15) is 5.92 Å². The molecule has 3 aliphatic rings. The van der Waals surface area contributed by atoms with Crippen LogP contribution in [0.1, 0.15) is 29.9 Å². The van der Waals surface area contributed by atoms with Gasteiger partial charge in [-0.25, -0.2) is 0 Å². The maximum absolute atomic E-state index is 12.7. The number of hydrogen-bond acceptors (Lipinski definition) is 3. The van der Waals surface area contributed by atoms with Gasteiger partial charge in [0.15, 0.2) is 11.6 Å². The van der Waals surface area contributed by atoms with Gasteiger partial charge in [-0.2, -0.15) is 0 Å². The van der Waals surface area contributed by atoms with Gasteiger partial charge in [-0.3, -0.25) is 9.59 Å². The fourth-order valence-corrected chi connectivity index (χ4v) is 4.33. The molecule has 20 heavy (non-hydrogen) atoms. The number of fused-ring (bicyclic) bond motifs is 5. The Balaban J connectivity index is 1.79. The lowest BCUT2D eigenvalue weighted by molar-refractivity contribution is -0.127. The van der Waals surface area contributed by atoms with Gasteiger partial charge in [0.2, 0.25) is 0 Å². The zero-order valence-electron chi connectivity index (χ0n) is 11.1. The summed E-state index contributed by atoms with van der Waals surface area (Å²) in [5.41, 5.74) is 1.73. The maximum atomic E-state index is 12.7. The van der Waals surface area contributed by atoms with Crippen LogP contribution in [0.5, 0.6) is 0 Å². The van der Waals surface area contributed by atoms with Crippen molar-refractivity contribution in [2.24, 2.45) is 11.8 Å². The maximum Gasteiger partial charge on any atom is 0.154 e. The lowest BCUT2D eigenvalue weighted by Crippen LogP contribution is -2.29. The summed E-state index contributed by atoms with van der Waals surface area (Å²) in [6.45, 7) is 1.92. The molecule has 4 rings (SSSR count). The minimum atomic E-state index is -0.629. The number of ether oxygens (including phenoxy) is 1. The Morgan fingerprint density at radius 1 is 1.10 bits per heavy atom. The lowest BCUT2D eigenvalue weighted by atomic mass is 9.81. The third-order valence-electron chi connectivity index (χ3n) is 5.05. The van der Waals surface area contributed by atoms with E-state index in [0.29, 0.717) is 5.02 Å². The van der Waals surface area contributed by atoms with Gasteiger partial charge in [-0.05, 0) is 43.0 Å². The van der Waals surface area contributed by atoms with Gasteiger partial charge >= 0.3 is 0 Å². The van der Waals surface area contributed by atoms with Gasteiger partial charge in [0.05, 0.1) is 24.0 Å². The molecule has 5 atom stereocenters. The monoisotopic (exact) mass is 290 g/mol. The van der Waals surface area contributed by atoms with Crippen molar-refractivity contribution in [3.8, 4) is 0 Å². The molecule has 0 radical (unpaired) electrons. The lowest BCUT2D eigenvalue weighted by Gasteiger charge is -2.16. The van der Waals surface area contributed by atoms with Crippen LogP contribution in [0.3, 0.4) is 0 Å². The summed E-state index contributed by atoms with van der Waals surface area (Å²) in [7, 11) is 0. The molecule has 4 heteroatoms. The number of rotatable bonds is 1. The quantitative estimate of drug-likeness (QED) is 0.747. The highest BCUT2D eigenvalue weighted by atomic mass is 35.5. The van der Waals surface area contributed by atoms with E-state index in [1.165, 1.54) is 0 Å². The summed E-state index contributed by atoms with van der Waals surface area (Å²) >= 11 is 6.03. The molecule has 1 aromatic carbocycles. The summed E-state index contributed by atoms with van der Waals surface area (Å²) in [6, 6.07) is 5.43. The van der Waals surface area contributed by atoms with E-state index in [2.05, 4.69) is 0 Å². The van der Waals surface area contributed by atoms with Crippen LogP contribution < -0.4 is 0 Å². The second-order valence-corrected chi connectivity index (χ2v) is 6.52. The normalized spacial score (nSPS) is 38.6. The third kappa shape index (κ3) is 1.51. The van der Waals surface area contributed by atoms with Gasteiger partial charge in [-0.1, -0.05) is 17.7 Å². The molecule has 0 spiro atoms. The van der Waals surface area contributed by atoms with E-state index < -0.39 is 5.92 Å². The van der Waals surface area contributed by atoms with E-state index >= 15 is 0 Å². The molecule has 104 valence electrons. The van der Waals surface area contributed by atoms with Crippen LogP contribution in [0, 0.1) is 18.8 Å². The van der Waals surface area contributed by atoms with Crippen molar-refractivity contribution in [2.75, 3.05) is 0 Å². The molecular weight excluding hydrogens is 276 g/mol. The fourth-order valence-electron chi connectivity index (χ4n) is 4.15. The second kappa shape index (κ2) is 4.15. The predicted octanol–water partition coefficient (Wildman–Crippen LogP) is 2.68. The molecule has 0 amide bonds. The molecule has 3 nitrogen and oxygen atoms in total. The highest BCUT2D eigenvalue weighted by Gasteiger charge is 2.62. The van der Waals surface area contributed by atoms with E-state index in [1.807, 2.05) is 13.0 Å². The first-order valence-corrected chi connectivity index (χ1v) is 7.44. The largest absolute Gasteiger partial charge is 0.373 e. The third-order valence-corrected chi connectivity index (χ3v) is 5.29. The standard InChI is InChI=1S/C16H15ClO3/c1-7-2-3-8(17)6-9(7)12-15(18)13-10-4-5-11(20-10)14(13)16(12)19/h2-3,6,10-14H,4-5H2,1H3/t10-,11+,12?,13-,14+. The van der Waals surface area contributed by atoms with Crippen LogP contribution in [-0.4, -0.2) is 23.8 Å². The molecule has 2 bridgehead atoms. The SMILES string of the molecule is Cc1ccc(Cl)cc1C1C(=O)[C@@H]2[C@H](C1=O)[C@H]1CC[C@@H]2O1. The Kier molecular flexibility index (Phi) is 2.60. The average Bonchev–Trinajstić information content (AvgIpc) is 3.08. The van der Waals surface area contributed by atoms with Crippen molar-refractivity contribution in [3.05, 3.63) is 34.3 Å². The van der Waals surface area contributed by atoms with Gasteiger partial charge < -0.3 is 4.74 Å². The van der Waals surface area contributed by atoms with Crippen molar-refractivity contribution >= 4 is 23.2 Å². The first-order chi connectivity index (χ1) is 9.58. The Morgan fingerprint density at radius 2 is 1.70 bits per heavy atom. The van der Waals surface area contributed by atoms with E-state index in [4.69, 9.17) is 16.3 Å². The molecular formula is C16H15ClO3. The van der Waals surface area contributed by atoms with Gasteiger partial charge in [0.25, 0.3) is 0 Å². The Labute approximate surface area is 122 Å². The number of hydrogen-bond donors (Lipinski definition) is 0. The minimum Gasteiger partial charge on any atom is -0.373 e. The van der Waals surface area contributed by atoms with Crippen molar-refractivity contribution in [1.29, 1.82) is 0 Å².